The second-order valence-electron chi connectivity index (χ2n) is 6.37. The van der Waals surface area contributed by atoms with Gasteiger partial charge in [0.15, 0.2) is 0 Å². The van der Waals surface area contributed by atoms with Gasteiger partial charge in [0, 0.05) is 12.6 Å². The van der Waals surface area contributed by atoms with Gasteiger partial charge in [-0.25, -0.2) is 0 Å². The lowest BCUT2D eigenvalue weighted by Crippen LogP contribution is -2.22. The minimum atomic E-state index is -0.365. The molecular weight excluding hydrogens is 264 g/mol. The van der Waals surface area contributed by atoms with E-state index in [1.54, 1.807) is 6.20 Å². The fourth-order valence-electron chi connectivity index (χ4n) is 2.80. The highest BCUT2D eigenvalue weighted by molar-refractivity contribution is 5.19. The fraction of sp³-hybridized carbons (Fsp3) is 0.706. The molecule has 1 aliphatic rings. The van der Waals surface area contributed by atoms with Crippen LogP contribution in [0.15, 0.2) is 18.3 Å². The smallest absolute Gasteiger partial charge is 0.137 e. The van der Waals surface area contributed by atoms with Gasteiger partial charge in [-0.15, -0.1) is 0 Å². The van der Waals surface area contributed by atoms with E-state index >= 15 is 0 Å². The lowest BCUT2D eigenvalue weighted by molar-refractivity contribution is 0.0853. The van der Waals surface area contributed by atoms with Crippen molar-refractivity contribution in [2.45, 2.75) is 64.6 Å². The number of rotatable bonds is 8. The summed E-state index contributed by atoms with van der Waals surface area (Å²) in [4.78, 5) is 4.36. The van der Waals surface area contributed by atoms with Crippen molar-refractivity contribution in [3.05, 3.63) is 24.0 Å². The van der Waals surface area contributed by atoms with Crippen LogP contribution in [-0.4, -0.2) is 28.8 Å². The highest BCUT2D eigenvalue weighted by atomic mass is 16.5. The molecule has 1 aliphatic carbocycles. The molecule has 118 valence electrons. The molecule has 0 aliphatic heterocycles. The third kappa shape index (κ3) is 6.02. The number of ether oxygens (including phenoxy) is 1. The van der Waals surface area contributed by atoms with Gasteiger partial charge >= 0.3 is 0 Å². The largest absolute Gasteiger partial charge is 0.489 e. The van der Waals surface area contributed by atoms with Crippen molar-refractivity contribution in [1.29, 1.82) is 0 Å². The average Bonchev–Trinajstić information content (AvgIpc) is 2.97. The summed E-state index contributed by atoms with van der Waals surface area (Å²) < 4.78 is 5.63. The first-order chi connectivity index (χ1) is 10.1. The van der Waals surface area contributed by atoms with E-state index in [1.807, 2.05) is 12.1 Å². The Hall–Kier alpha value is -1.13. The maximum Gasteiger partial charge on any atom is 0.137 e. The van der Waals surface area contributed by atoms with Crippen LogP contribution in [0.1, 0.15) is 51.6 Å². The molecule has 4 nitrogen and oxygen atoms in total. The molecule has 1 atom stereocenters. The third-order valence-electron chi connectivity index (χ3n) is 4.01. The number of nitrogens with zero attached hydrogens (tertiary/aromatic N) is 1. The zero-order chi connectivity index (χ0) is 15.1. The van der Waals surface area contributed by atoms with Gasteiger partial charge in [0.05, 0.1) is 18.0 Å². The van der Waals surface area contributed by atoms with E-state index < -0.39 is 0 Å². The Morgan fingerprint density at radius 2 is 2.10 bits per heavy atom. The van der Waals surface area contributed by atoms with Gasteiger partial charge in [-0.3, -0.25) is 4.98 Å². The number of hydrogen-bond donors (Lipinski definition) is 2. The minimum absolute atomic E-state index is 0.363. The molecule has 0 spiro atoms. The Morgan fingerprint density at radius 1 is 1.33 bits per heavy atom. The van der Waals surface area contributed by atoms with Crippen LogP contribution in [0.5, 0.6) is 5.75 Å². The molecule has 1 unspecified atom stereocenters. The van der Waals surface area contributed by atoms with Crippen LogP contribution in [0.2, 0.25) is 0 Å². The maximum atomic E-state index is 10.0. The van der Waals surface area contributed by atoms with Crippen LogP contribution in [0.3, 0.4) is 0 Å². The van der Waals surface area contributed by atoms with Crippen molar-refractivity contribution >= 4 is 0 Å². The first kappa shape index (κ1) is 16.2. The van der Waals surface area contributed by atoms with Crippen molar-refractivity contribution in [2.24, 2.45) is 5.92 Å². The van der Waals surface area contributed by atoms with Crippen LogP contribution in [0.25, 0.3) is 0 Å². The minimum Gasteiger partial charge on any atom is -0.489 e. The molecule has 0 aromatic carbocycles. The van der Waals surface area contributed by atoms with Gasteiger partial charge < -0.3 is 15.2 Å². The second-order valence-corrected chi connectivity index (χ2v) is 6.37. The van der Waals surface area contributed by atoms with Crippen LogP contribution < -0.4 is 10.1 Å². The Morgan fingerprint density at radius 3 is 2.71 bits per heavy atom. The standard InChI is InChI=1S/C17H28N2O2/c1-13(2)18-10-15-7-8-17(11-19-15)21-12-16(20)9-14-5-3-4-6-14/h7-8,11,13-14,16,18,20H,3-6,9-10,12H2,1-2H3. The van der Waals surface area contributed by atoms with E-state index in [0.29, 0.717) is 18.6 Å². The van der Waals surface area contributed by atoms with E-state index in [4.69, 9.17) is 4.74 Å². The fourth-order valence-corrected chi connectivity index (χ4v) is 2.80. The lowest BCUT2D eigenvalue weighted by atomic mass is 10.0. The summed E-state index contributed by atoms with van der Waals surface area (Å²) in [5.41, 5.74) is 1.00. The number of nitrogens with one attached hydrogen (secondary N) is 1. The van der Waals surface area contributed by atoms with Crippen molar-refractivity contribution in [2.75, 3.05) is 6.61 Å². The Labute approximate surface area is 127 Å². The van der Waals surface area contributed by atoms with Gasteiger partial charge in [0.25, 0.3) is 0 Å². The molecule has 1 aromatic heterocycles. The summed E-state index contributed by atoms with van der Waals surface area (Å²) in [6.45, 7) is 5.36. The lowest BCUT2D eigenvalue weighted by Gasteiger charge is -2.16. The molecule has 1 heterocycles. The highest BCUT2D eigenvalue weighted by Gasteiger charge is 2.19. The first-order valence-electron chi connectivity index (χ1n) is 8.12. The van der Waals surface area contributed by atoms with Crippen molar-refractivity contribution < 1.29 is 9.84 Å². The highest BCUT2D eigenvalue weighted by Crippen LogP contribution is 2.28. The van der Waals surface area contributed by atoms with Crippen molar-refractivity contribution in [3.8, 4) is 5.75 Å². The van der Waals surface area contributed by atoms with Crippen LogP contribution >= 0.6 is 0 Å². The van der Waals surface area contributed by atoms with Gasteiger partial charge in [0.1, 0.15) is 12.4 Å². The Kier molecular flexibility index (Phi) is 6.46. The van der Waals surface area contributed by atoms with Gasteiger partial charge in [-0.1, -0.05) is 39.5 Å². The topological polar surface area (TPSA) is 54.4 Å². The Balaban J connectivity index is 1.70. The van der Waals surface area contributed by atoms with E-state index in [9.17, 15) is 5.11 Å². The second kappa shape index (κ2) is 8.35. The van der Waals surface area contributed by atoms with Crippen LogP contribution in [-0.2, 0) is 6.54 Å². The summed E-state index contributed by atoms with van der Waals surface area (Å²) in [7, 11) is 0. The van der Waals surface area contributed by atoms with E-state index in [0.717, 1.165) is 24.4 Å². The summed E-state index contributed by atoms with van der Waals surface area (Å²) in [6.07, 6.45) is 7.38. The average molecular weight is 292 g/mol. The molecule has 0 saturated heterocycles. The molecule has 0 amide bonds. The SMILES string of the molecule is CC(C)NCc1ccc(OCC(O)CC2CCCC2)cn1. The van der Waals surface area contributed by atoms with Crippen LogP contribution in [0.4, 0.5) is 0 Å². The molecule has 0 radical (unpaired) electrons. The molecule has 2 N–H and O–H groups in total. The van der Waals surface area contributed by atoms with E-state index in [2.05, 4.69) is 24.1 Å². The summed E-state index contributed by atoms with van der Waals surface area (Å²) >= 11 is 0. The predicted octanol–water partition coefficient (Wildman–Crippen LogP) is 2.90. The number of aromatic nitrogens is 1. The molecule has 21 heavy (non-hydrogen) atoms. The Bertz CT molecular complexity index is 400. The molecule has 1 aromatic rings. The van der Waals surface area contributed by atoms with E-state index in [-0.39, 0.29) is 6.10 Å². The molecular formula is C17H28N2O2. The molecule has 0 bridgehead atoms. The quantitative estimate of drug-likeness (QED) is 0.773. The van der Waals surface area contributed by atoms with Gasteiger partial charge in [-0.05, 0) is 24.5 Å². The van der Waals surface area contributed by atoms with Gasteiger partial charge in [-0.2, -0.15) is 0 Å². The predicted molar refractivity (Wildman–Crippen MR) is 84.3 cm³/mol. The van der Waals surface area contributed by atoms with E-state index in [1.165, 1.54) is 25.7 Å². The first-order valence-corrected chi connectivity index (χ1v) is 8.12. The number of aliphatic hydroxyl groups is 1. The van der Waals surface area contributed by atoms with Crippen LogP contribution in [0, 0.1) is 5.92 Å². The number of aliphatic hydroxyl groups excluding tert-OH is 1. The molecule has 1 fully saturated rings. The zero-order valence-electron chi connectivity index (χ0n) is 13.2. The van der Waals surface area contributed by atoms with Crippen molar-refractivity contribution in [1.82, 2.24) is 10.3 Å². The molecule has 2 rings (SSSR count). The number of hydrogen-bond acceptors (Lipinski definition) is 4. The summed E-state index contributed by atoms with van der Waals surface area (Å²) in [5, 5.41) is 13.3. The molecule has 4 heteroatoms. The normalized spacial score (nSPS) is 17.3. The van der Waals surface area contributed by atoms with Gasteiger partial charge in [0.2, 0.25) is 0 Å². The third-order valence-corrected chi connectivity index (χ3v) is 4.01. The summed E-state index contributed by atoms with van der Waals surface area (Å²) in [6, 6.07) is 4.34. The zero-order valence-corrected chi connectivity index (χ0v) is 13.2. The van der Waals surface area contributed by atoms with Crippen molar-refractivity contribution in [3.63, 3.8) is 0 Å². The monoisotopic (exact) mass is 292 g/mol. The summed E-state index contributed by atoms with van der Waals surface area (Å²) in [5.74, 6) is 1.42. The maximum absolute atomic E-state index is 10.0. The molecule has 1 saturated carbocycles. The number of pyridine rings is 1.